The normalized spacial score (nSPS) is 14.4. The summed E-state index contributed by atoms with van der Waals surface area (Å²) in [5.41, 5.74) is -0.751. The predicted octanol–water partition coefficient (Wildman–Crippen LogP) is -0.647. The van der Waals surface area contributed by atoms with E-state index in [1.54, 1.807) is 6.92 Å². The molecular weight excluding hydrogens is 210 g/mol. The highest BCUT2D eigenvalue weighted by Crippen LogP contribution is 2.01. The fraction of sp³-hybridized carbons (Fsp3) is 1.00. The van der Waals surface area contributed by atoms with Gasteiger partial charge < -0.3 is 25.4 Å². The molecule has 0 heterocycles. The molecule has 0 aromatic rings. The van der Waals surface area contributed by atoms with Crippen LogP contribution in [0.3, 0.4) is 0 Å². The molecule has 16 heavy (non-hydrogen) atoms. The lowest BCUT2D eigenvalue weighted by Gasteiger charge is -2.27. The smallest absolute Gasteiger partial charge is 0.0897 e. The molecule has 0 aromatic carbocycles. The summed E-state index contributed by atoms with van der Waals surface area (Å²) in [6, 6.07) is 0. The molecule has 0 saturated carbocycles. The predicted molar refractivity (Wildman–Crippen MR) is 62.2 cm³/mol. The van der Waals surface area contributed by atoms with Crippen molar-refractivity contribution in [2.75, 3.05) is 33.0 Å². The second kappa shape index (κ2) is 7.97. The van der Waals surface area contributed by atoms with Crippen molar-refractivity contribution in [1.82, 2.24) is 5.32 Å². The number of β-amino-alcohol motifs (C(OH)–C–C–N with tert-alkyl or cyclic N) is 1. The summed E-state index contributed by atoms with van der Waals surface area (Å²) in [5, 5.41) is 30.5. The minimum absolute atomic E-state index is 0.178. The maximum Gasteiger partial charge on any atom is 0.0897 e. The zero-order valence-corrected chi connectivity index (χ0v) is 10.4. The summed E-state index contributed by atoms with van der Waals surface area (Å²) >= 11 is 0. The van der Waals surface area contributed by atoms with Gasteiger partial charge in [0, 0.05) is 13.2 Å². The van der Waals surface area contributed by atoms with Crippen LogP contribution in [0, 0.1) is 5.92 Å². The molecule has 1 unspecified atom stereocenters. The summed E-state index contributed by atoms with van der Waals surface area (Å²) < 4.78 is 5.27. The van der Waals surface area contributed by atoms with Crippen molar-refractivity contribution in [2.45, 2.75) is 32.4 Å². The van der Waals surface area contributed by atoms with E-state index in [0.717, 1.165) is 0 Å². The molecule has 0 aliphatic heterocycles. The zero-order chi connectivity index (χ0) is 12.6. The van der Waals surface area contributed by atoms with Crippen molar-refractivity contribution < 1.29 is 20.1 Å². The van der Waals surface area contributed by atoms with Crippen LogP contribution >= 0.6 is 0 Å². The average molecular weight is 235 g/mol. The van der Waals surface area contributed by atoms with Crippen LogP contribution in [0.2, 0.25) is 0 Å². The topological polar surface area (TPSA) is 82.0 Å². The van der Waals surface area contributed by atoms with Gasteiger partial charge in [-0.3, -0.25) is 0 Å². The summed E-state index contributed by atoms with van der Waals surface area (Å²) in [6.45, 7) is 6.58. The number of ether oxygens (including phenoxy) is 1. The Morgan fingerprint density at radius 1 is 1.19 bits per heavy atom. The van der Waals surface area contributed by atoms with Crippen molar-refractivity contribution in [3.05, 3.63) is 0 Å². The molecule has 0 aliphatic rings. The van der Waals surface area contributed by atoms with Crippen LogP contribution in [0.1, 0.15) is 20.8 Å². The Labute approximate surface area is 97.4 Å². The second-order valence-electron chi connectivity index (χ2n) is 4.84. The van der Waals surface area contributed by atoms with Gasteiger partial charge in [-0.1, -0.05) is 13.8 Å². The number of rotatable bonds is 9. The van der Waals surface area contributed by atoms with Gasteiger partial charge in [-0.25, -0.2) is 0 Å². The molecule has 0 aromatic heterocycles. The number of nitrogens with one attached hydrogen (secondary N) is 1. The highest BCUT2D eigenvalue weighted by Gasteiger charge is 2.22. The Morgan fingerprint density at radius 2 is 1.75 bits per heavy atom. The maximum atomic E-state index is 9.57. The Bertz CT molecular complexity index is 171. The van der Waals surface area contributed by atoms with Crippen molar-refractivity contribution >= 4 is 0 Å². The first-order chi connectivity index (χ1) is 7.43. The van der Waals surface area contributed by atoms with Gasteiger partial charge in [0.25, 0.3) is 0 Å². The monoisotopic (exact) mass is 235 g/mol. The molecule has 0 saturated heterocycles. The van der Waals surface area contributed by atoms with E-state index < -0.39 is 11.6 Å². The third-order valence-corrected chi connectivity index (χ3v) is 2.22. The van der Waals surface area contributed by atoms with Gasteiger partial charge in [-0.05, 0) is 12.8 Å². The second-order valence-corrected chi connectivity index (χ2v) is 4.84. The van der Waals surface area contributed by atoms with Crippen LogP contribution in [0.4, 0.5) is 0 Å². The van der Waals surface area contributed by atoms with E-state index in [4.69, 9.17) is 14.9 Å². The van der Waals surface area contributed by atoms with Gasteiger partial charge in [0.05, 0.1) is 31.5 Å². The molecule has 0 aliphatic carbocycles. The molecule has 98 valence electrons. The standard InChI is InChI=1S/C11H25NO4/c1-9(2)5-16-6-10(15)4-12-11(3,7-13)8-14/h9-10,12-15H,4-8H2,1-3H3. The molecule has 0 amide bonds. The van der Waals surface area contributed by atoms with Gasteiger partial charge in [-0.15, -0.1) is 0 Å². The van der Waals surface area contributed by atoms with E-state index in [9.17, 15) is 5.11 Å². The van der Waals surface area contributed by atoms with Crippen LogP contribution in [-0.4, -0.2) is 59.9 Å². The quantitative estimate of drug-likeness (QED) is 0.427. The molecule has 0 radical (unpaired) electrons. The van der Waals surface area contributed by atoms with E-state index in [2.05, 4.69) is 5.32 Å². The average Bonchev–Trinajstić information content (AvgIpc) is 2.25. The lowest BCUT2D eigenvalue weighted by Crippen LogP contribution is -2.52. The van der Waals surface area contributed by atoms with Crippen molar-refractivity contribution in [3.8, 4) is 0 Å². The highest BCUT2D eigenvalue weighted by atomic mass is 16.5. The third-order valence-electron chi connectivity index (χ3n) is 2.22. The minimum atomic E-state index is -0.751. The van der Waals surface area contributed by atoms with Gasteiger partial charge in [0.2, 0.25) is 0 Å². The van der Waals surface area contributed by atoms with E-state index in [1.165, 1.54) is 0 Å². The van der Waals surface area contributed by atoms with Gasteiger partial charge in [0.1, 0.15) is 0 Å². The minimum Gasteiger partial charge on any atom is -0.394 e. The number of aliphatic hydroxyl groups is 3. The highest BCUT2D eigenvalue weighted by molar-refractivity contribution is 4.82. The van der Waals surface area contributed by atoms with Crippen molar-refractivity contribution in [3.63, 3.8) is 0 Å². The summed E-state index contributed by atoms with van der Waals surface area (Å²) in [7, 11) is 0. The van der Waals surface area contributed by atoms with Crippen molar-refractivity contribution in [2.24, 2.45) is 5.92 Å². The lowest BCUT2D eigenvalue weighted by atomic mass is 10.1. The molecule has 5 heteroatoms. The van der Waals surface area contributed by atoms with Crippen LogP contribution in [0.5, 0.6) is 0 Å². The number of hydrogen-bond donors (Lipinski definition) is 4. The van der Waals surface area contributed by atoms with E-state index in [1.807, 2.05) is 13.8 Å². The molecular formula is C11H25NO4. The maximum absolute atomic E-state index is 9.57. The summed E-state index contributed by atoms with van der Waals surface area (Å²) in [6.07, 6.45) is -0.629. The Hall–Kier alpha value is -0.200. The van der Waals surface area contributed by atoms with E-state index >= 15 is 0 Å². The SMILES string of the molecule is CC(C)COCC(O)CNC(C)(CO)CO. The van der Waals surface area contributed by atoms with Gasteiger partial charge in [0.15, 0.2) is 0 Å². The van der Waals surface area contributed by atoms with Crippen LogP contribution in [0.25, 0.3) is 0 Å². The molecule has 4 N–H and O–H groups in total. The van der Waals surface area contributed by atoms with Gasteiger partial charge in [-0.2, -0.15) is 0 Å². The lowest BCUT2D eigenvalue weighted by molar-refractivity contribution is 0.0163. The fourth-order valence-corrected chi connectivity index (χ4v) is 1.02. The van der Waals surface area contributed by atoms with Crippen LogP contribution < -0.4 is 5.32 Å². The zero-order valence-electron chi connectivity index (χ0n) is 10.4. The molecule has 1 atom stereocenters. The Balaban J connectivity index is 3.67. The third kappa shape index (κ3) is 7.14. The molecule has 0 rings (SSSR count). The van der Waals surface area contributed by atoms with Crippen LogP contribution in [0.15, 0.2) is 0 Å². The Kier molecular flexibility index (Phi) is 7.87. The molecule has 0 spiro atoms. The molecule has 0 fully saturated rings. The Morgan fingerprint density at radius 3 is 2.19 bits per heavy atom. The first-order valence-corrected chi connectivity index (χ1v) is 5.66. The largest absolute Gasteiger partial charge is 0.394 e. The van der Waals surface area contributed by atoms with Gasteiger partial charge >= 0.3 is 0 Å². The molecule has 0 bridgehead atoms. The fourth-order valence-electron chi connectivity index (χ4n) is 1.02. The van der Waals surface area contributed by atoms with E-state index in [0.29, 0.717) is 12.5 Å². The summed E-state index contributed by atoms with van der Waals surface area (Å²) in [4.78, 5) is 0. The number of hydrogen-bond acceptors (Lipinski definition) is 5. The molecule has 5 nitrogen and oxygen atoms in total. The van der Waals surface area contributed by atoms with Crippen LogP contribution in [-0.2, 0) is 4.74 Å². The number of aliphatic hydroxyl groups excluding tert-OH is 3. The summed E-state index contributed by atoms with van der Waals surface area (Å²) in [5.74, 6) is 0.445. The first kappa shape index (κ1) is 15.8. The first-order valence-electron chi connectivity index (χ1n) is 5.66. The van der Waals surface area contributed by atoms with E-state index in [-0.39, 0.29) is 26.4 Å². The van der Waals surface area contributed by atoms with Crippen molar-refractivity contribution in [1.29, 1.82) is 0 Å².